The van der Waals surface area contributed by atoms with Gasteiger partial charge in [0.05, 0.1) is 168 Å². The van der Waals surface area contributed by atoms with E-state index in [2.05, 4.69) is 26.3 Å². The molecule has 5 aliphatic rings. The summed E-state index contributed by atoms with van der Waals surface area (Å²) in [5.41, 5.74) is 2.02. The number of aliphatic hydroxyl groups is 1. The van der Waals surface area contributed by atoms with Crippen LogP contribution in [0.25, 0.3) is 0 Å². The Kier molecular flexibility index (Phi) is 32.6. The first-order chi connectivity index (χ1) is 50.0. The van der Waals surface area contributed by atoms with Crippen LogP contribution in [0.1, 0.15) is 92.0 Å². The summed E-state index contributed by atoms with van der Waals surface area (Å²) in [5.74, 6) is -2.20. The molecule has 3 aromatic carbocycles. The molecule has 0 aliphatic carbocycles. The Morgan fingerprint density at radius 1 is 0.583 bits per heavy atom. The van der Waals surface area contributed by atoms with E-state index in [1.165, 1.54) is 45.4 Å². The summed E-state index contributed by atoms with van der Waals surface area (Å²) in [4.78, 5) is 126. The Morgan fingerprint density at radius 3 is 1.70 bits per heavy atom. The van der Waals surface area contributed by atoms with Crippen molar-refractivity contribution >= 4 is 76.6 Å². The number of aliphatic hydroxyl groups excluding tert-OH is 1. The average Bonchev–Trinajstić information content (AvgIpc) is 1.64. The lowest BCUT2D eigenvalue weighted by molar-refractivity contribution is -0.137. The highest BCUT2D eigenvalue weighted by molar-refractivity contribution is 6.13. The SMILES string of the molecule is COc1cc2c(cc1OCCCOc1cc3c(cc1OC)C(=O)N1CCC[C@H]1[C@H](O)N3C(=O)OCc1ccc(NC(=O)[C@H](C)NC(=O)[C@@H](NC(=O)CCOCCOCCOCCOCCOCCOCCOCCOCCNC(=O)CCN3C(=O)C=CC3=O)C(C)C)cc1)N=C[C@@H]1CCCN1C2=O. The number of fused-ring (bicyclic) bond motifs is 4. The molecule has 5 heterocycles. The average molecular weight is 1440 g/mol. The Bertz CT molecular complexity index is 3370. The highest BCUT2D eigenvalue weighted by Gasteiger charge is 2.46. The minimum absolute atomic E-state index is 0.0134. The van der Waals surface area contributed by atoms with Crippen LogP contribution >= 0.6 is 0 Å². The monoisotopic (exact) mass is 1440 g/mol. The first kappa shape index (κ1) is 79.8. The molecule has 564 valence electrons. The lowest BCUT2D eigenvalue weighted by Gasteiger charge is -2.31. The van der Waals surface area contributed by atoms with Gasteiger partial charge in [0.15, 0.2) is 29.2 Å². The fraction of sp³-hybridized carbons (Fsp3) is 0.577. The zero-order valence-corrected chi connectivity index (χ0v) is 59.2. The zero-order valence-electron chi connectivity index (χ0n) is 59.2. The van der Waals surface area contributed by atoms with E-state index in [0.29, 0.717) is 159 Å². The summed E-state index contributed by atoms with van der Waals surface area (Å²) >= 11 is 0. The van der Waals surface area contributed by atoms with E-state index >= 15 is 0 Å². The second-order valence-corrected chi connectivity index (χ2v) is 24.7. The molecule has 9 amide bonds. The van der Waals surface area contributed by atoms with Crippen molar-refractivity contribution in [2.24, 2.45) is 10.9 Å². The molecule has 0 spiro atoms. The molecule has 0 unspecified atom stereocenters. The first-order valence-electron chi connectivity index (χ1n) is 34.9. The summed E-state index contributed by atoms with van der Waals surface area (Å²) in [6.45, 7) is 11.9. The van der Waals surface area contributed by atoms with Gasteiger partial charge >= 0.3 is 6.09 Å². The van der Waals surface area contributed by atoms with Crippen LogP contribution in [-0.2, 0) is 78.0 Å². The molecule has 2 fully saturated rings. The van der Waals surface area contributed by atoms with E-state index in [-0.39, 0.29) is 106 Å². The topological polar surface area (TPSA) is 367 Å². The van der Waals surface area contributed by atoms with Gasteiger partial charge in [-0.2, -0.15) is 0 Å². The number of carbonyl (C=O) groups is 9. The number of carbonyl (C=O) groups excluding carboxylic acids is 9. The Morgan fingerprint density at radius 2 is 1.12 bits per heavy atom. The fourth-order valence-corrected chi connectivity index (χ4v) is 11.6. The van der Waals surface area contributed by atoms with Gasteiger partial charge in [-0.25, -0.2) is 9.69 Å². The normalized spacial score (nSPS) is 17.3. The van der Waals surface area contributed by atoms with Crippen LogP contribution in [0.2, 0.25) is 0 Å². The van der Waals surface area contributed by atoms with Gasteiger partial charge in [0.1, 0.15) is 18.7 Å². The summed E-state index contributed by atoms with van der Waals surface area (Å²) in [6, 6.07) is 10.1. The zero-order chi connectivity index (χ0) is 73.5. The third-order valence-electron chi connectivity index (χ3n) is 17.1. The molecule has 5 atom stereocenters. The molecule has 0 aromatic heterocycles. The highest BCUT2D eigenvalue weighted by Crippen LogP contribution is 2.42. The summed E-state index contributed by atoms with van der Waals surface area (Å²) < 4.78 is 73.4. The van der Waals surface area contributed by atoms with Gasteiger partial charge < -0.3 is 97.8 Å². The summed E-state index contributed by atoms with van der Waals surface area (Å²) in [7, 11) is 2.93. The van der Waals surface area contributed by atoms with E-state index in [1.54, 1.807) is 61.4 Å². The van der Waals surface area contributed by atoms with Crippen LogP contribution in [0.3, 0.4) is 0 Å². The quantitative estimate of drug-likeness (QED) is 0.0399. The van der Waals surface area contributed by atoms with Crippen LogP contribution in [-0.4, -0.2) is 269 Å². The third kappa shape index (κ3) is 24.1. The van der Waals surface area contributed by atoms with Crippen LogP contribution in [0, 0.1) is 5.92 Å². The lowest BCUT2D eigenvalue weighted by Crippen LogP contribution is -2.53. The minimum atomic E-state index is -1.48. The van der Waals surface area contributed by atoms with Gasteiger partial charge in [0, 0.05) is 81.6 Å². The van der Waals surface area contributed by atoms with Gasteiger partial charge in [-0.05, 0) is 68.4 Å². The van der Waals surface area contributed by atoms with Crippen molar-refractivity contribution in [3.8, 4) is 23.0 Å². The van der Waals surface area contributed by atoms with Gasteiger partial charge in [-0.3, -0.25) is 48.2 Å². The standard InChI is InChI=1S/C71H97N9O23/c1-47(2)65(76-62(82)18-25-93-27-29-95-31-33-97-35-37-99-39-40-100-38-36-98-34-32-96-30-28-94-26-19-72-61(81)17-22-79-63(83)15-16-64(79)84)67(86)74-48(3)66(85)75-50-13-11-49(12-14-50)46-103-71(90)80-56-44-60(58(92-5)42-53(56)69(88)78-21-7-10-55(78)70(80)89)102-24-8-23-101-59-43-54-52(41-57(59)91-4)68(87)77-20-6-9-51(77)45-73-54/h11-16,41-45,47-48,51,55,65,70,89H,6-10,17-40,46H2,1-5H3,(H,72,81)(H,74,86)(H,75,85)(H,76,82)/t48-,51-,55-,65-,70-/m0/s1. The number of anilines is 2. The van der Waals surface area contributed by atoms with E-state index in [9.17, 15) is 48.3 Å². The van der Waals surface area contributed by atoms with E-state index < -0.39 is 65.9 Å². The molecule has 0 bridgehead atoms. The van der Waals surface area contributed by atoms with Gasteiger partial charge in [-0.15, -0.1) is 0 Å². The third-order valence-corrected chi connectivity index (χ3v) is 17.1. The molecule has 103 heavy (non-hydrogen) atoms. The molecule has 0 saturated carbocycles. The van der Waals surface area contributed by atoms with Crippen molar-refractivity contribution < 1.29 is 110 Å². The maximum absolute atomic E-state index is 14.2. The highest BCUT2D eigenvalue weighted by atomic mass is 16.6. The molecular formula is C71H97N9O23. The van der Waals surface area contributed by atoms with Crippen LogP contribution in [0.15, 0.2) is 65.7 Å². The van der Waals surface area contributed by atoms with Crippen molar-refractivity contribution in [3.05, 3.63) is 77.4 Å². The molecule has 5 aliphatic heterocycles. The maximum Gasteiger partial charge on any atom is 0.416 e. The number of aliphatic imine (C=N–C) groups is 1. The van der Waals surface area contributed by atoms with Gasteiger partial charge in [0.25, 0.3) is 23.6 Å². The number of methoxy groups -OCH3 is 2. The number of imide groups is 1. The number of hydrogen-bond donors (Lipinski definition) is 5. The summed E-state index contributed by atoms with van der Waals surface area (Å²) in [6.07, 6.45) is 4.96. The molecule has 32 nitrogen and oxygen atoms in total. The maximum atomic E-state index is 14.2. The van der Waals surface area contributed by atoms with Crippen molar-refractivity contribution in [1.82, 2.24) is 30.7 Å². The lowest BCUT2D eigenvalue weighted by atomic mass is 10.0. The van der Waals surface area contributed by atoms with E-state index in [0.717, 1.165) is 22.6 Å². The molecule has 2 saturated heterocycles. The second-order valence-electron chi connectivity index (χ2n) is 24.7. The second kappa shape index (κ2) is 42.0. The molecule has 32 heteroatoms. The molecule has 8 rings (SSSR count). The summed E-state index contributed by atoms with van der Waals surface area (Å²) in [5, 5.41) is 22.7. The number of ether oxygens (including phenoxy) is 13. The number of nitrogens with zero attached hydrogens (tertiary/aromatic N) is 5. The van der Waals surface area contributed by atoms with Crippen molar-refractivity contribution in [1.29, 1.82) is 0 Å². The van der Waals surface area contributed by atoms with Gasteiger partial charge in [0.2, 0.25) is 23.6 Å². The van der Waals surface area contributed by atoms with E-state index in [4.69, 9.17) is 61.6 Å². The van der Waals surface area contributed by atoms with Crippen LogP contribution in [0.4, 0.5) is 21.9 Å². The van der Waals surface area contributed by atoms with Crippen molar-refractivity contribution in [2.75, 3.05) is 170 Å². The number of benzene rings is 3. The fourth-order valence-electron chi connectivity index (χ4n) is 11.6. The van der Waals surface area contributed by atoms with Crippen molar-refractivity contribution in [3.63, 3.8) is 0 Å². The number of nitrogens with one attached hydrogen (secondary N) is 4. The smallest absolute Gasteiger partial charge is 0.416 e. The van der Waals surface area contributed by atoms with Crippen LogP contribution in [0.5, 0.6) is 23.0 Å². The number of amides is 9. The predicted octanol–water partition coefficient (Wildman–Crippen LogP) is 3.49. The Hall–Kier alpha value is -8.86. The Balaban J connectivity index is 0.644. The number of hydrogen-bond acceptors (Lipinski definition) is 24. The molecule has 0 radical (unpaired) electrons. The molecule has 3 aromatic rings. The Labute approximate surface area is 598 Å². The predicted molar refractivity (Wildman–Crippen MR) is 371 cm³/mol. The minimum Gasteiger partial charge on any atom is -0.493 e. The number of rotatable bonds is 46. The van der Waals surface area contributed by atoms with E-state index in [1.807, 2.05) is 4.90 Å². The van der Waals surface area contributed by atoms with Crippen LogP contribution < -0.4 is 45.1 Å². The first-order valence-corrected chi connectivity index (χ1v) is 34.9. The molecule has 5 N–H and O–H groups in total. The largest absolute Gasteiger partial charge is 0.493 e. The van der Waals surface area contributed by atoms with Gasteiger partial charge in [-0.1, -0.05) is 26.0 Å². The van der Waals surface area contributed by atoms with Crippen molar-refractivity contribution in [2.45, 2.75) is 103 Å². The molecular weight excluding hydrogens is 1350 g/mol.